The van der Waals surface area contributed by atoms with Crippen molar-refractivity contribution in [3.05, 3.63) is 69.8 Å². The van der Waals surface area contributed by atoms with E-state index in [1.54, 1.807) is 6.07 Å². The highest BCUT2D eigenvalue weighted by Gasteiger charge is 2.21. The first kappa shape index (κ1) is 14.5. The molecule has 0 aliphatic rings. The Morgan fingerprint density at radius 1 is 1.24 bits per heavy atom. The van der Waals surface area contributed by atoms with Gasteiger partial charge in [0, 0.05) is 18.3 Å². The largest absolute Gasteiger partial charge is 0.465 e. The van der Waals surface area contributed by atoms with Crippen molar-refractivity contribution in [1.29, 1.82) is 0 Å². The average molecular weight is 286 g/mol. The van der Waals surface area contributed by atoms with E-state index in [0.717, 1.165) is 5.56 Å². The van der Waals surface area contributed by atoms with Crippen LogP contribution in [0.1, 0.15) is 15.9 Å². The van der Waals surface area contributed by atoms with Gasteiger partial charge in [-0.15, -0.1) is 0 Å². The smallest absolute Gasteiger partial charge is 0.344 e. The van der Waals surface area contributed by atoms with Crippen LogP contribution in [0.2, 0.25) is 0 Å². The monoisotopic (exact) mass is 286 g/mol. The minimum atomic E-state index is -0.731. The van der Waals surface area contributed by atoms with Gasteiger partial charge in [-0.05, 0) is 17.7 Å². The lowest BCUT2D eigenvalue weighted by Gasteiger charge is -2.08. The van der Waals surface area contributed by atoms with Crippen LogP contribution in [0.3, 0.4) is 0 Å². The Balaban J connectivity index is 2.21. The van der Waals surface area contributed by atoms with E-state index < -0.39 is 10.9 Å². The molecule has 0 aromatic heterocycles. The molecule has 0 amide bonds. The number of rotatable bonds is 5. The third-order valence-electron chi connectivity index (χ3n) is 2.94. The van der Waals surface area contributed by atoms with Gasteiger partial charge in [0.15, 0.2) is 0 Å². The molecule has 2 aromatic carbocycles. The van der Waals surface area contributed by atoms with Gasteiger partial charge >= 0.3 is 5.97 Å². The molecule has 0 heterocycles. The summed E-state index contributed by atoms with van der Waals surface area (Å²) in [4.78, 5) is 21.9. The highest BCUT2D eigenvalue weighted by atomic mass is 16.6. The highest BCUT2D eigenvalue weighted by Crippen LogP contribution is 2.23. The molecule has 6 nitrogen and oxygen atoms in total. The van der Waals surface area contributed by atoms with E-state index >= 15 is 0 Å². The van der Waals surface area contributed by atoms with Gasteiger partial charge in [0.05, 0.1) is 12.0 Å². The van der Waals surface area contributed by atoms with Gasteiger partial charge in [-0.25, -0.2) is 4.79 Å². The normalized spacial score (nSPS) is 9.95. The van der Waals surface area contributed by atoms with Gasteiger partial charge < -0.3 is 10.1 Å². The minimum Gasteiger partial charge on any atom is -0.465 e. The van der Waals surface area contributed by atoms with Crippen LogP contribution in [0, 0.1) is 10.1 Å². The van der Waals surface area contributed by atoms with Crippen LogP contribution in [0.5, 0.6) is 0 Å². The predicted octanol–water partition coefficient (Wildman–Crippen LogP) is 2.99. The number of nitro benzene ring substituents is 1. The van der Waals surface area contributed by atoms with Crippen molar-refractivity contribution < 1.29 is 14.5 Å². The summed E-state index contributed by atoms with van der Waals surface area (Å²) < 4.78 is 4.57. The van der Waals surface area contributed by atoms with Gasteiger partial charge in [0.25, 0.3) is 5.69 Å². The summed E-state index contributed by atoms with van der Waals surface area (Å²) in [5.74, 6) is -0.731. The molecule has 0 radical (unpaired) electrons. The average Bonchev–Trinajstić information content (AvgIpc) is 2.52. The van der Waals surface area contributed by atoms with Crippen molar-refractivity contribution in [3.8, 4) is 0 Å². The molecule has 0 saturated heterocycles. The zero-order valence-electron chi connectivity index (χ0n) is 11.4. The Morgan fingerprint density at radius 3 is 2.57 bits per heavy atom. The predicted molar refractivity (Wildman–Crippen MR) is 78.2 cm³/mol. The summed E-state index contributed by atoms with van der Waals surface area (Å²) in [6.45, 7) is 0.555. The second-order valence-corrected chi connectivity index (χ2v) is 4.32. The summed E-state index contributed by atoms with van der Waals surface area (Å²) in [6.07, 6.45) is 0. The van der Waals surface area contributed by atoms with Gasteiger partial charge in [0.1, 0.15) is 5.56 Å². The number of esters is 1. The number of carbonyl (C=O) groups is 1. The summed E-state index contributed by atoms with van der Waals surface area (Å²) in [5, 5.41) is 14.0. The quantitative estimate of drug-likeness (QED) is 0.519. The van der Waals surface area contributed by atoms with Gasteiger partial charge in [0.2, 0.25) is 0 Å². The maximum atomic E-state index is 11.6. The lowest BCUT2D eigenvalue weighted by molar-refractivity contribution is -0.385. The third-order valence-corrected chi connectivity index (χ3v) is 2.94. The third kappa shape index (κ3) is 3.56. The second kappa shape index (κ2) is 6.51. The van der Waals surface area contributed by atoms with Crippen molar-refractivity contribution in [2.75, 3.05) is 12.4 Å². The van der Waals surface area contributed by atoms with E-state index in [1.165, 1.54) is 19.2 Å². The zero-order chi connectivity index (χ0) is 15.2. The Morgan fingerprint density at radius 2 is 1.95 bits per heavy atom. The van der Waals surface area contributed by atoms with Crippen LogP contribution < -0.4 is 5.32 Å². The van der Waals surface area contributed by atoms with E-state index in [9.17, 15) is 14.9 Å². The Hall–Kier alpha value is -2.89. The lowest BCUT2D eigenvalue weighted by Crippen LogP contribution is -2.07. The summed E-state index contributed by atoms with van der Waals surface area (Å²) in [6, 6.07) is 14.0. The fraction of sp³-hybridized carbons (Fsp3) is 0.133. The summed E-state index contributed by atoms with van der Waals surface area (Å²) in [7, 11) is 1.19. The Labute approximate surface area is 121 Å². The molecule has 0 spiro atoms. The molecule has 0 aliphatic carbocycles. The van der Waals surface area contributed by atoms with Crippen molar-refractivity contribution in [1.82, 2.24) is 0 Å². The second-order valence-electron chi connectivity index (χ2n) is 4.32. The number of methoxy groups -OCH3 is 1. The molecule has 2 rings (SSSR count). The number of hydrogen-bond donors (Lipinski definition) is 1. The molecule has 0 bridgehead atoms. The fourth-order valence-electron chi connectivity index (χ4n) is 1.88. The molecule has 6 heteroatoms. The number of anilines is 1. The van der Waals surface area contributed by atoms with Crippen LogP contribution in [-0.2, 0) is 11.3 Å². The summed E-state index contributed by atoms with van der Waals surface area (Å²) >= 11 is 0. The zero-order valence-corrected chi connectivity index (χ0v) is 11.4. The van der Waals surface area contributed by atoms with Gasteiger partial charge in [-0.3, -0.25) is 10.1 Å². The minimum absolute atomic E-state index is 0.0689. The van der Waals surface area contributed by atoms with Gasteiger partial charge in [-0.1, -0.05) is 30.3 Å². The number of hydrogen-bond acceptors (Lipinski definition) is 5. The van der Waals surface area contributed by atoms with E-state index in [4.69, 9.17) is 0 Å². The molecule has 0 fully saturated rings. The van der Waals surface area contributed by atoms with Crippen molar-refractivity contribution in [2.24, 2.45) is 0 Å². The van der Waals surface area contributed by atoms with Crippen molar-refractivity contribution >= 4 is 17.3 Å². The number of nitro groups is 1. The first-order valence-electron chi connectivity index (χ1n) is 6.26. The van der Waals surface area contributed by atoms with Crippen molar-refractivity contribution in [3.63, 3.8) is 0 Å². The Bertz CT molecular complexity index is 656. The molecule has 21 heavy (non-hydrogen) atoms. The lowest BCUT2D eigenvalue weighted by atomic mass is 10.1. The maximum Gasteiger partial charge on any atom is 0.344 e. The van der Waals surface area contributed by atoms with Crippen LogP contribution in [0.4, 0.5) is 11.4 Å². The van der Waals surface area contributed by atoms with Gasteiger partial charge in [-0.2, -0.15) is 0 Å². The maximum absolute atomic E-state index is 11.6. The molecule has 0 unspecified atom stereocenters. The van der Waals surface area contributed by atoms with Crippen LogP contribution in [-0.4, -0.2) is 18.0 Å². The van der Waals surface area contributed by atoms with E-state index in [-0.39, 0.29) is 11.3 Å². The number of benzene rings is 2. The van der Waals surface area contributed by atoms with E-state index in [2.05, 4.69) is 10.1 Å². The summed E-state index contributed by atoms with van der Waals surface area (Å²) in [5.41, 5.74) is 1.34. The number of carbonyl (C=O) groups excluding carboxylic acids is 1. The number of nitrogens with one attached hydrogen (secondary N) is 1. The first-order chi connectivity index (χ1) is 10.1. The number of ether oxygens (including phenoxy) is 1. The molecule has 0 atom stereocenters. The first-order valence-corrected chi connectivity index (χ1v) is 6.26. The van der Waals surface area contributed by atoms with Crippen LogP contribution >= 0.6 is 0 Å². The molecule has 2 aromatic rings. The van der Waals surface area contributed by atoms with Crippen LogP contribution in [0.15, 0.2) is 48.5 Å². The molecule has 108 valence electrons. The molecule has 0 aliphatic heterocycles. The highest BCUT2D eigenvalue weighted by molar-refractivity contribution is 5.95. The molecular formula is C15H14N2O4. The van der Waals surface area contributed by atoms with E-state index in [0.29, 0.717) is 12.2 Å². The molecular weight excluding hydrogens is 272 g/mol. The topological polar surface area (TPSA) is 81.5 Å². The SMILES string of the molecule is COC(=O)c1cc(NCc2ccccc2)ccc1[N+](=O)[O-]. The van der Waals surface area contributed by atoms with Crippen molar-refractivity contribution in [2.45, 2.75) is 6.54 Å². The standard InChI is InChI=1S/C15H14N2O4/c1-21-15(18)13-9-12(7-8-14(13)17(19)20)16-10-11-5-3-2-4-6-11/h2-9,16H,10H2,1H3. The molecule has 0 saturated carbocycles. The van der Waals surface area contributed by atoms with Crippen LogP contribution in [0.25, 0.3) is 0 Å². The van der Waals surface area contributed by atoms with E-state index in [1.807, 2.05) is 30.3 Å². The number of nitrogens with zero attached hydrogens (tertiary/aromatic N) is 1. The fourth-order valence-corrected chi connectivity index (χ4v) is 1.88. The Kier molecular flexibility index (Phi) is 4.50. The molecule has 1 N–H and O–H groups in total.